The van der Waals surface area contributed by atoms with E-state index in [4.69, 9.17) is 19.4 Å². The molecule has 2 fully saturated rings. The Balaban J connectivity index is 1.11. The average molecular weight is 807 g/mol. The number of nitrogens with one attached hydrogen (secondary N) is 4. The Kier molecular flexibility index (Phi) is 12.4. The number of rotatable bonds is 10. The third kappa shape index (κ3) is 8.72. The number of carbonyl (C=O) groups is 4. The molecule has 0 unspecified atom stereocenters. The molecule has 314 valence electrons. The lowest BCUT2D eigenvalue weighted by Gasteiger charge is -2.30. The predicted molar refractivity (Wildman–Crippen MR) is 223 cm³/mol. The van der Waals surface area contributed by atoms with Crippen molar-refractivity contribution < 1.29 is 28.7 Å². The summed E-state index contributed by atoms with van der Waals surface area (Å²) in [5, 5.41) is 5.46. The van der Waals surface area contributed by atoms with E-state index in [1.807, 2.05) is 49.9 Å². The second kappa shape index (κ2) is 17.7. The Morgan fingerprint density at radius 1 is 0.712 bits per heavy atom. The van der Waals surface area contributed by atoms with Crippen molar-refractivity contribution >= 4 is 24.0 Å². The second-order valence-corrected chi connectivity index (χ2v) is 16.9. The van der Waals surface area contributed by atoms with Gasteiger partial charge in [0.05, 0.1) is 37.7 Å². The van der Waals surface area contributed by atoms with Crippen molar-refractivity contribution in [2.75, 3.05) is 27.3 Å². The highest BCUT2D eigenvalue weighted by Crippen LogP contribution is 2.38. The van der Waals surface area contributed by atoms with Crippen molar-refractivity contribution in [2.45, 2.75) is 110 Å². The van der Waals surface area contributed by atoms with E-state index < -0.39 is 24.3 Å². The molecule has 2 saturated heterocycles. The van der Waals surface area contributed by atoms with E-state index >= 15 is 0 Å². The first kappa shape index (κ1) is 41.5. The SMILES string of the molecule is COC(=O)N[C@H](C(=O)N1CCC[C@H]1c1nc(-c2cc3ccc2CCc2ccc(c(-c4c[nH]c([C@@H]5CCCN5C(=O)[C@@H](NC(=O)OC)C(C)C)n4)c2)C[C@H]3C)c[nH]1)C(C)C. The van der Waals surface area contributed by atoms with Crippen LogP contribution in [0.1, 0.15) is 112 Å². The summed E-state index contributed by atoms with van der Waals surface area (Å²) in [4.78, 5) is 72.5. The van der Waals surface area contributed by atoms with Crippen LogP contribution in [0.4, 0.5) is 9.59 Å². The maximum atomic E-state index is 13.8. The number of H-pyrrole nitrogens is 2. The van der Waals surface area contributed by atoms with E-state index in [0.29, 0.717) is 13.1 Å². The maximum absolute atomic E-state index is 13.8. The Morgan fingerprint density at radius 3 is 1.73 bits per heavy atom. The molecule has 14 nitrogen and oxygen atoms in total. The Morgan fingerprint density at radius 2 is 1.22 bits per heavy atom. The lowest BCUT2D eigenvalue weighted by atomic mass is 9.85. The molecular weight excluding hydrogens is 749 g/mol. The van der Waals surface area contributed by atoms with Gasteiger partial charge in [-0.1, -0.05) is 58.9 Å². The van der Waals surface area contributed by atoms with Crippen LogP contribution < -0.4 is 10.6 Å². The van der Waals surface area contributed by atoms with Gasteiger partial charge in [-0.2, -0.15) is 0 Å². The molecule has 4 amide bonds. The van der Waals surface area contributed by atoms with Crippen LogP contribution in [-0.4, -0.2) is 93.1 Å². The number of aryl methyl sites for hydroxylation is 2. The minimum atomic E-state index is -0.695. The van der Waals surface area contributed by atoms with E-state index in [1.165, 1.54) is 36.5 Å². The van der Waals surface area contributed by atoms with Crippen molar-refractivity contribution in [3.63, 3.8) is 0 Å². The molecule has 4 heterocycles. The fraction of sp³-hybridized carbons (Fsp3) is 0.511. The highest BCUT2D eigenvalue weighted by molar-refractivity contribution is 5.87. The number of alkyl carbamates (subject to hydrolysis) is 2. The number of amides is 4. The van der Waals surface area contributed by atoms with Crippen LogP contribution in [0.3, 0.4) is 0 Å². The van der Waals surface area contributed by atoms with E-state index in [0.717, 1.165) is 79.1 Å². The van der Waals surface area contributed by atoms with Crippen LogP contribution in [0.25, 0.3) is 22.5 Å². The quantitative estimate of drug-likeness (QED) is 0.133. The molecule has 0 saturated carbocycles. The zero-order valence-corrected chi connectivity index (χ0v) is 35.3. The standard InChI is InChI=1S/C45H58N8O6/c1-25(2)38(50-44(56)58-6)42(54)52-18-8-10-36(52)40-46-23-34(48-40)32-21-28-12-14-29-16-17-30(27(5)20-31(32)15-13-28)22-33(29)35-24-47-41(49-35)37-11-9-19-53(37)43(55)39(26(3)4)51-45(57)59-7/h13,15-17,21-27,36-39H,8-12,14,18-20H2,1-7H3,(H,46,48)(H,47,49)(H,50,56)(H,51,57)/t27-,36+,37+,38+,39+/m1/s1. The monoisotopic (exact) mass is 806 g/mol. The number of hydrogen-bond acceptors (Lipinski definition) is 8. The van der Waals surface area contributed by atoms with Crippen LogP contribution in [0.2, 0.25) is 0 Å². The molecule has 0 radical (unpaired) electrons. The number of likely N-dealkylation sites (tertiary alicyclic amines) is 2. The van der Waals surface area contributed by atoms with E-state index in [-0.39, 0.29) is 41.7 Å². The Labute approximate surface area is 346 Å². The summed E-state index contributed by atoms with van der Waals surface area (Å²) in [7, 11) is 2.60. The summed E-state index contributed by atoms with van der Waals surface area (Å²) in [6, 6.07) is 11.6. The van der Waals surface area contributed by atoms with Gasteiger partial charge in [-0.3, -0.25) is 9.59 Å². The number of hydrogen-bond donors (Lipinski definition) is 4. The molecule has 0 spiro atoms. The van der Waals surface area contributed by atoms with Gasteiger partial charge in [0.15, 0.2) is 0 Å². The molecule has 4 N–H and O–H groups in total. The lowest BCUT2D eigenvalue weighted by molar-refractivity contribution is -0.136. The predicted octanol–water partition coefficient (Wildman–Crippen LogP) is 7.00. The number of ether oxygens (including phenoxy) is 2. The molecule has 2 aromatic heterocycles. The van der Waals surface area contributed by atoms with Gasteiger partial charge in [-0.25, -0.2) is 19.6 Å². The molecule has 2 aromatic carbocycles. The van der Waals surface area contributed by atoms with Crippen LogP contribution >= 0.6 is 0 Å². The summed E-state index contributed by atoms with van der Waals surface area (Å²) >= 11 is 0. The molecule has 6 aliphatic rings. The first-order valence-corrected chi connectivity index (χ1v) is 21.0. The fourth-order valence-corrected chi connectivity index (χ4v) is 8.96. The van der Waals surface area contributed by atoms with Crippen LogP contribution in [0.15, 0.2) is 48.8 Å². The highest BCUT2D eigenvalue weighted by Gasteiger charge is 2.39. The molecule has 4 bridgehead atoms. The lowest BCUT2D eigenvalue weighted by Crippen LogP contribution is -2.51. The van der Waals surface area contributed by atoms with Crippen molar-refractivity contribution in [2.24, 2.45) is 11.8 Å². The van der Waals surface area contributed by atoms with Gasteiger partial charge in [0, 0.05) is 36.6 Å². The summed E-state index contributed by atoms with van der Waals surface area (Å²) in [5.74, 6) is 1.19. The van der Waals surface area contributed by atoms with Gasteiger partial charge < -0.3 is 39.9 Å². The van der Waals surface area contributed by atoms with E-state index in [2.05, 4.69) is 63.9 Å². The van der Waals surface area contributed by atoms with Gasteiger partial charge in [-0.15, -0.1) is 0 Å². The van der Waals surface area contributed by atoms with Crippen LogP contribution in [0, 0.1) is 11.8 Å². The topological polar surface area (TPSA) is 175 Å². The number of carbonyl (C=O) groups excluding carboxylic acids is 4. The number of imidazole rings is 2. The third-order valence-corrected chi connectivity index (χ3v) is 12.3. The third-order valence-electron chi connectivity index (χ3n) is 12.3. The summed E-state index contributed by atoms with van der Waals surface area (Å²) < 4.78 is 9.62. The number of aromatic nitrogens is 4. The van der Waals surface area contributed by atoms with E-state index in [1.54, 1.807) is 0 Å². The number of benzene rings is 2. The number of nitrogens with zero attached hydrogens (tertiary/aromatic N) is 4. The maximum Gasteiger partial charge on any atom is 0.407 e. The second-order valence-electron chi connectivity index (χ2n) is 16.9. The molecular formula is C45H58N8O6. The van der Waals surface area contributed by atoms with Gasteiger partial charge in [0.25, 0.3) is 0 Å². The van der Waals surface area contributed by atoms with Crippen molar-refractivity contribution in [1.82, 2.24) is 40.4 Å². The van der Waals surface area contributed by atoms with Gasteiger partial charge in [0.1, 0.15) is 23.7 Å². The summed E-state index contributed by atoms with van der Waals surface area (Å²) in [6.07, 6.45) is 8.35. The molecule has 5 atom stereocenters. The van der Waals surface area contributed by atoms with Crippen LogP contribution in [0.5, 0.6) is 0 Å². The highest BCUT2D eigenvalue weighted by atomic mass is 16.5. The van der Waals surface area contributed by atoms with Crippen molar-refractivity contribution in [3.8, 4) is 22.5 Å². The Bertz CT molecular complexity index is 2180. The van der Waals surface area contributed by atoms with Gasteiger partial charge in [-0.05, 0) is 97.1 Å². The van der Waals surface area contributed by atoms with Gasteiger partial charge in [0.2, 0.25) is 11.8 Å². The molecule has 4 aromatic rings. The molecule has 2 aliphatic heterocycles. The number of methoxy groups -OCH3 is 2. The van der Waals surface area contributed by atoms with Crippen molar-refractivity contribution in [3.05, 3.63) is 82.7 Å². The van der Waals surface area contributed by atoms with Gasteiger partial charge >= 0.3 is 12.2 Å². The zero-order chi connectivity index (χ0) is 42.0. The van der Waals surface area contributed by atoms with E-state index in [9.17, 15) is 19.2 Å². The first-order valence-electron chi connectivity index (χ1n) is 21.0. The Hall–Kier alpha value is -5.66. The summed E-state index contributed by atoms with van der Waals surface area (Å²) in [5.41, 5.74) is 8.68. The fourth-order valence-electron chi connectivity index (χ4n) is 8.96. The molecule has 4 aliphatic carbocycles. The van der Waals surface area contributed by atoms with Crippen molar-refractivity contribution in [1.29, 1.82) is 0 Å². The normalized spacial score (nSPS) is 20.1. The largest absolute Gasteiger partial charge is 0.453 e. The smallest absolute Gasteiger partial charge is 0.407 e. The minimum absolute atomic E-state index is 0.111. The molecule has 14 heteroatoms. The number of aromatic amines is 2. The minimum Gasteiger partial charge on any atom is -0.453 e. The molecule has 10 rings (SSSR count). The summed E-state index contributed by atoms with van der Waals surface area (Å²) in [6.45, 7) is 11.1. The van der Waals surface area contributed by atoms with Crippen LogP contribution in [-0.2, 0) is 38.3 Å². The first-order chi connectivity index (χ1) is 28.4. The zero-order valence-electron chi connectivity index (χ0n) is 35.3. The average Bonchev–Trinajstić information content (AvgIpc) is 4.07. The molecule has 59 heavy (non-hydrogen) atoms.